The van der Waals surface area contributed by atoms with Crippen molar-refractivity contribution in [1.29, 1.82) is 0 Å². The van der Waals surface area contributed by atoms with Crippen molar-refractivity contribution in [3.05, 3.63) is 41.6 Å². The van der Waals surface area contributed by atoms with Gasteiger partial charge in [-0.3, -0.25) is 4.72 Å². The van der Waals surface area contributed by atoms with Gasteiger partial charge in [0, 0.05) is 12.6 Å². The SMILES string of the molecule is CC(C)n1nccc1S(=O)(=O)Nc1cccc2c1CN(C(=O)O)CC2. The predicted molar refractivity (Wildman–Crippen MR) is 92.0 cm³/mol. The quantitative estimate of drug-likeness (QED) is 0.866. The summed E-state index contributed by atoms with van der Waals surface area (Å²) in [5, 5.41) is 13.3. The highest BCUT2D eigenvalue weighted by Crippen LogP contribution is 2.28. The van der Waals surface area contributed by atoms with E-state index in [0.717, 1.165) is 5.56 Å². The first-order valence-electron chi connectivity index (χ1n) is 7.94. The molecule has 2 N–H and O–H groups in total. The van der Waals surface area contributed by atoms with E-state index in [1.54, 1.807) is 12.1 Å². The third-order valence-corrected chi connectivity index (χ3v) is 5.55. The van der Waals surface area contributed by atoms with Crippen LogP contribution in [-0.4, -0.2) is 40.8 Å². The summed E-state index contributed by atoms with van der Waals surface area (Å²) < 4.78 is 29.6. The highest BCUT2D eigenvalue weighted by atomic mass is 32.2. The molecule has 1 aromatic carbocycles. The van der Waals surface area contributed by atoms with Gasteiger partial charge in [0.2, 0.25) is 0 Å². The first-order chi connectivity index (χ1) is 11.8. The van der Waals surface area contributed by atoms with Crippen LogP contribution in [0.15, 0.2) is 35.5 Å². The molecule has 1 amide bonds. The van der Waals surface area contributed by atoms with Crippen LogP contribution in [0.3, 0.4) is 0 Å². The summed E-state index contributed by atoms with van der Waals surface area (Å²) in [6.07, 6.45) is 0.990. The second kappa shape index (κ2) is 6.40. The minimum Gasteiger partial charge on any atom is -0.465 e. The van der Waals surface area contributed by atoms with Crippen LogP contribution in [-0.2, 0) is 23.0 Å². The minimum absolute atomic E-state index is 0.0750. The normalized spacial score (nSPS) is 14.4. The van der Waals surface area contributed by atoms with Crippen molar-refractivity contribution >= 4 is 21.8 Å². The van der Waals surface area contributed by atoms with E-state index in [2.05, 4.69) is 9.82 Å². The molecule has 1 aliphatic rings. The molecule has 1 aliphatic heterocycles. The van der Waals surface area contributed by atoms with E-state index >= 15 is 0 Å². The number of fused-ring (bicyclic) bond motifs is 1. The number of benzene rings is 1. The van der Waals surface area contributed by atoms with Gasteiger partial charge < -0.3 is 10.0 Å². The Hall–Kier alpha value is -2.55. The Bertz CT molecular complexity index is 905. The summed E-state index contributed by atoms with van der Waals surface area (Å²) in [6, 6.07) is 6.66. The van der Waals surface area contributed by atoms with Crippen LogP contribution < -0.4 is 4.72 Å². The lowest BCUT2D eigenvalue weighted by atomic mass is 9.98. The van der Waals surface area contributed by atoms with Crippen LogP contribution in [0.2, 0.25) is 0 Å². The Morgan fingerprint density at radius 1 is 1.32 bits per heavy atom. The van der Waals surface area contributed by atoms with E-state index in [4.69, 9.17) is 0 Å². The number of hydrogen-bond acceptors (Lipinski definition) is 4. The number of hydrogen-bond donors (Lipinski definition) is 2. The number of nitrogens with one attached hydrogen (secondary N) is 1. The second-order valence-electron chi connectivity index (χ2n) is 6.21. The third kappa shape index (κ3) is 3.32. The number of rotatable bonds is 4. The fourth-order valence-electron chi connectivity index (χ4n) is 2.94. The summed E-state index contributed by atoms with van der Waals surface area (Å²) in [5.41, 5.74) is 2.05. The molecule has 0 unspecified atom stereocenters. The summed E-state index contributed by atoms with van der Waals surface area (Å²) in [7, 11) is -3.83. The van der Waals surface area contributed by atoms with Crippen LogP contribution in [0.25, 0.3) is 0 Å². The van der Waals surface area contributed by atoms with Gasteiger partial charge >= 0.3 is 6.09 Å². The van der Waals surface area contributed by atoms with Crippen molar-refractivity contribution in [3.8, 4) is 0 Å². The predicted octanol–water partition coefficient (Wildman–Crippen LogP) is 2.30. The number of carboxylic acid groups (broad SMARTS) is 1. The van der Waals surface area contributed by atoms with Crippen molar-refractivity contribution in [2.75, 3.05) is 11.3 Å². The number of carbonyl (C=O) groups is 1. The van der Waals surface area contributed by atoms with E-state index in [1.165, 1.54) is 21.8 Å². The number of sulfonamides is 1. The van der Waals surface area contributed by atoms with Crippen molar-refractivity contribution in [1.82, 2.24) is 14.7 Å². The zero-order chi connectivity index (χ0) is 18.2. The molecule has 0 saturated heterocycles. The molecule has 8 nitrogen and oxygen atoms in total. The van der Waals surface area contributed by atoms with Gasteiger partial charge in [0.25, 0.3) is 10.0 Å². The molecule has 0 fully saturated rings. The monoisotopic (exact) mass is 364 g/mol. The number of nitrogens with zero attached hydrogens (tertiary/aromatic N) is 3. The molecular formula is C16H20N4O4S. The summed E-state index contributed by atoms with van der Waals surface area (Å²) >= 11 is 0. The molecule has 0 radical (unpaired) electrons. The van der Waals surface area contributed by atoms with E-state index in [0.29, 0.717) is 24.2 Å². The van der Waals surface area contributed by atoms with Gasteiger partial charge in [0.05, 0.1) is 18.4 Å². The van der Waals surface area contributed by atoms with Crippen LogP contribution in [0.5, 0.6) is 0 Å². The van der Waals surface area contributed by atoms with Crippen molar-refractivity contribution in [2.24, 2.45) is 0 Å². The van der Waals surface area contributed by atoms with Crippen LogP contribution >= 0.6 is 0 Å². The number of aromatic nitrogens is 2. The molecule has 0 spiro atoms. The van der Waals surface area contributed by atoms with Crippen LogP contribution in [0, 0.1) is 0 Å². The van der Waals surface area contributed by atoms with Gasteiger partial charge in [-0.05, 0) is 43.5 Å². The van der Waals surface area contributed by atoms with Gasteiger partial charge in [-0.2, -0.15) is 13.5 Å². The zero-order valence-corrected chi connectivity index (χ0v) is 14.8. The van der Waals surface area contributed by atoms with Crippen LogP contribution in [0.1, 0.15) is 31.0 Å². The maximum atomic E-state index is 12.8. The largest absolute Gasteiger partial charge is 0.465 e. The second-order valence-corrected chi connectivity index (χ2v) is 7.84. The third-order valence-electron chi connectivity index (χ3n) is 4.19. The van der Waals surface area contributed by atoms with E-state index in [1.807, 2.05) is 19.9 Å². The Morgan fingerprint density at radius 3 is 2.76 bits per heavy atom. The molecule has 2 heterocycles. The highest BCUT2D eigenvalue weighted by molar-refractivity contribution is 7.92. The van der Waals surface area contributed by atoms with E-state index in [9.17, 15) is 18.3 Å². The summed E-state index contributed by atoms with van der Waals surface area (Å²) in [5.74, 6) is 0. The lowest BCUT2D eigenvalue weighted by Gasteiger charge is -2.28. The van der Waals surface area contributed by atoms with E-state index in [-0.39, 0.29) is 17.6 Å². The number of amides is 1. The molecule has 9 heteroatoms. The average molecular weight is 364 g/mol. The van der Waals surface area contributed by atoms with E-state index < -0.39 is 16.1 Å². The molecule has 0 bridgehead atoms. The van der Waals surface area contributed by atoms with Gasteiger partial charge in [-0.15, -0.1) is 0 Å². The molecule has 25 heavy (non-hydrogen) atoms. The minimum atomic E-state index is -3.83. The smallest absolute Gasteiger partial charge is 0.407 e. The van der Waals surface area contributed by atoms with Gasteiger partial charge in [0.15, 0.2) is 5.03 Å². The molecule has 0 saturated carbocycles. The van der Waals surface area contributed by atoms with Crippen molar-refractivity contribution in [3.63, 3.8) is 0 Å². The Balaban J connectivity index is 1.96. The molecule has 1 aromatic heterocycles. The zero-order valence-electron chi connectivity index (χ0n) is 14.0. The molecule has 2 aromatic rings. The van der Waals surface area contributed by atoms with Gasteiger partial charge in [-0.25, -0.2) is 9.48 Å². The number of anilines is 1. The molecule has 0 aliphatic carbocycles. The van der Waals surface area contributed by atoms with Gasteiger partial charge in [-0.1, -0.05) is 12.1 Å². The standard InChI is InChI=1S/C16H20N4O4S/c1-11(2)20-15(6-8-17-20)25(23,24)18-14-5-3-4-12-7-9-19(16(21)22)10-13(12)14/h3-6,8,11,18H,7,9-10H2,1-2H3,(H,21,22). The molecule has 3 rings (SSSR count). The fourth-order valence-corrected chi connectivity index (χ4v) is 4.27. The van der Waals surface area contributed by atoms with Gasteiger partial charge in [0.1, 0.15) is 0 Å². The van der Waals surface area contributed by atoms with Crippen molar-refractivity contribution < 1.29 is 18.3 Å². The first kappa shape index (κ1) is 17.3. The van der Waals surface area contributed by atoms with Crippen LogP contribution in [0.4, 0.5) is 10.5 Å². The average Bonchev–Trinajstić information content (AvgIpc) is 3.05. The Morgan fingerprint density at radius 2 is 2.08 bits per heavy atom. The molecular weight excluding hydrogens is 344 g/mol. The first-order valence-corrected chi connectivity index (χ1v) is 9.43. The Kier molecular flexibility index (Phi) is 4.42. The lowest BCUT2D eigenvalue weighted by molar-refractivity contribution is 0.140. The fraction of sp³-hybridized carbons (Fsp3) is 0.375. The highest BCUT2D eigenvalue weighted by Gasteiger charge is 2.26. The summed E-state index contributed by atoms with van der Waals surface area (Å²) in [4.78, 5) is 12.5. The topological polar surface area (TPSA) is 105 Å². The maximum Gasteiger partial charge on any atom is 0.407 e. The molecule has 0 atom stereocenters. The molecule has 134 valence electrons. The van der Waals surface area contributed by atoms with Crippen molar-refractivity contribution in [2.45, 2.75) is 37.9 Å². The lowest BCUT2D eigenvalue weighted by Crippen LogP contribution is -2.35. The summed E-state index contributed by atoms with van der Waals surface area (Å²) in [6.45, 7) is 4.26. The maximum absolute atomic E-state index is 12.8. The Labute approximate surface area is 146 Å².